The Balaban J connectivity index is 2.36. The van der Waals surface area contributed by atoms with Crippen molar-refractivity contribution < 1.29 is 0 Å². The molecule has 1 nitrogen and oxygen atoms in total. The van der Waals surface area contributed by atoms with Crippen molar-refractivity contribution in [1.82, 2.24) is 4.98 Å². The van der Waals surface area contributed by atoms with Crippen molar-refractivity contribution >= 4 is 22.9 Å². The van der Waals surface area contributed by atoms with Crippen LogP contribution < -0.4 is 0 Å². The second-order valence-electron chi connectivity index (χ2n) is 5.21. The molecule has 17 heavy (non-hydrogen) atoms. The zero-order valence-electron chi connectivity index (χ0n) is 10.5. The average Bonchev–Trinajstić information content (AvgIpc) is 2.58. The van der Waals surface area contributed by atoms with Gasteiger partial charge in [-0.1, -0.05) is 56.6 Å². The van der Waals surface area contributed by atoms with Gasteiger partial charge < -0.3 is 0 Å². The van der Waals surface area contributed by atoms with Gasteiger partial charge in [0.15, 0.2) is 0 Å². The van der Waals surface area contributed by atoms with E-state index in [1.807, 2.05) is 6.92 Å². The highest BCUT2D eigenvalue weighted by molar-refractivity contribution is 7.19. The summed E-state index contributed by atoms with van der Waals surface area (Å²) >= 11 is 7.57. The van der Waals surface area contributed by atoms with Crippen molar-refractivity contribution in [3.05, 3.63) is 39.9 Å². The van der Waals surface area contributed by atoms with E-state index in [1.54, 1.807) is 0 Å². The molecule has 0 bridgehead atoms. The highest BCUT2D eigenvalue weighted by Crippen LogP contribution is 2.32. The minimum absolute atomic E-state index is 0.189. The van der Waals surface area contributed by atoms with Gasteiger partial charge in [0.2, 0.25) is 0 Å². The maximum absolute atomic E-state index is 6.04. The van der Waals surface area contributed by atoms with Gasteiger partial charge in [-0.15, -0.1) is 11.3 Å². The number of hydrogen-bond donors (Lipinski definition) is 0. The van der Waals surface area contributed by atoms with Crippen LogP contribution in [0.25, 0.3) is 10.6 Å². The van der Waals surface area contributed by atoms with Crippen molar-refractivity contribution in [3.8, 4) is 10.6 Å². The monoisotopic (exact) mass is 265 g/mol. The molecule has 1 aromatic heterocycles. The van der Waals surface area contributed by atoms with Crippen LogP contribution in [0.2, 0.25) is 4.34 Å². The van der Waals surface area contributed by atoms with Crippen LogP contribution in [0.15, 0.2) is 24.3 Å². The molecule has 1 heterocycles. The van der Waals surface area contributed by atoms with Gasteiger partial charge in [-0.2, -0.15) is 0 Å². The Morgan fingerprint density at radius 1 is 1.12 bits per heavy atom. The van der Waals surface area contributed by atoms with Crippen LogP contribution in [0.4, 0.5) is 0 Å². The van der Waals surface area contributed by atoms with E-state index in [2.05, 4.69) is 50.0 Å². The first-order valence-corrected chi connectivity index (χ1v) is 6.81. The number of benzene rings is 1. The molecule has 0 fully saturated rings. The highest BCUT2D eigenvalue weighted by Gasteiger charge is 2.14. The lowest BCUT2D eigenvalue weighted by atomic mass is 9.87. The number of nitrogens with zero attached hydrogens (tertiary/aromatic N) is 1. The van der Waals surface area contributed by atoms with Gasteiger partial charge in [-0.3, -0.25) is 0 Å². The van der Waals surface area contributed by atoms with Crippen LogP contribution in [0.3, 0.4) is 0 Å². The van der Waals surface area contributed by atoms with Crippen LogP contribution >= 0.6 is 22.9 Å². The van der Waals surface area contributed by atoms with E-state index in [0.29, 0.717) is 0 Å². The molecule has 0 spiro atoms. The molecule has 0 atom stereocenters. The van der Waals surface area contributed by atoms with Crippen LogP contribution in [0, 0.1) is 6.92 Å². The Hall–Kier alpha value is -0.860. The lowest BCUT2D eigenvalue weighted by Gasteiger charge is -2.18. The van der Waals surface area contributed by atoms with E-state index < -0.39 is 0 Å². The highest BCUT2D eigenvalue weighted by atomic mass is 35.5. The molecule has 0 aliphatic carbocycles. The van der Waals surface area contributed by atoms with Crippen LogP contribution in [-0.4, -0.2) is 4.98 Å². The maximum atomic E-state index is 6.04. The smallest absolute Gasteiger partial charge is 0.125 e. The summed E-state index contributed by atoms with van der Waals surface area (Å²) in [6.07, 6.45) is 0. The summed E-state index contributed by atoms with van der Waals surface area (Å²) in [4.78, 5) is 4.46. The standard InChI is InChI=1S/C14H16ClNS/c1-9-12(15)17-13(16-9)10-5-7-11(8-6-10)14(2,3)4/h5-8H,1-4H3. The topological polar surface area (TPSA) is 12.9 Å². The minimum Gasteiger partial charge on any atom is -0.240 e. The first-order chi connectivity index (χ1) is 7.88. The molecule has 90 valence electrons. The van der Waals surface area contributed by atoms with Crippen LogP contribution in [-0.2, 0) is 5.41 Å². The van der Waals surface area contributed by atoms with Crippen LogP contribution in [0.1, 0.15) is 32.0 Å². The summed E-state index contributed by atoms with van der Waals surface area (Å²) in [5.41, 5.74) is 3.57. The summed E-state index contributed by atoms with van der Waals surface area (Å²) < 4.78 is 0.778. The fourth-order valence-corrected chi connectivity index (χ4v) is 2.68. The Morgan fingerprint density at radius 3 is 2.12 bits per heavy atom. The zero-order chi connectivity index (χ0) is 12.6. The van der Waals surface area contributed by atoms with Gasteiger partial charge in [0.1, 0.15) is 9.34 Å². The third-order valence-corrected chi connectivity index (χ3v) is 4.24. The summed E-state index contributed by atoms with van der Waals surface area (Å²) in [6.45, 7) is 8.58. The number of rotatable bonds is 1. The Morgan fingerprint density at radius 2 is 1.71 bits per heavy atom. The lowest BCUT2D eigenvalue weighted by Crippen LogP contribution is -2.10. The number of halogens is 1. The molecule has 0 N–H and O–H groups in total. The van der Waals surface area contributed by atoms with Gasteiger partial charge >= 0.3 is 0 Å². The Bertz CT molecular complexity index is 501. The molecular weight excluding hydrogens is 250 g/mol. The van der Waals surface area contributed by atoms with E-state index in [9.17, 15) is 0 Å². The minimum atomic E-state index is 0.189. The van der Waals surface area contributed by atoms with E-state index in [-0.39, 0.29) is 5.41 Å². The predicted molar refractivity (Wildman–Crippen MR) is 76.0 cm³/mol. The molecule has 3 heteroatoms. The fraction of sp³-hybridized carbons (Fsp3) is 0.357. The van der Waals surface area contributed by atoms with Gasteiger partial charge in [0.25, 0.3) is 0 Å². The van der Waals surface area contributed by atoms with E-state index >= 15 is 0 Å². The molecule has 1 aromatic carbocycles. The molecular formula is C14H16ClNS. The van der Waals surface area contributed by atoms with Crippen molar-refractivity contribution in [2.24, 2.45) is 0 Å². The first-order valence-electron chi connectivity index (χ1n) is 5.62. The zero-order valence-corrected chi connectivity index (χ0v) is 12.1. The van der Waals surface area contributed by atoms with Gasteiger partial charge in [-0.05, 0) is 17.9 Å². The first kappa shape index (κ1) is 12.6. The number of thiazole rings is 1. The second-order valence-corrected chi connectivity index (χ2v) is 6.81. The third-order valence-electron chi connectivity index (χ3n) is 2.74. The van der Waals surface area contributed by atoms with Gasteiger partial charge in [0, 0.05) is 5.56 Å². The SMILES string of the molecule is Cc1nc(-c2ccc(C(C)(C)C)cc2)sc1Cl. The van der Waals surface area contributed by atoms with Crippen molar-refractivity contribution in [2.45, 2.75) is 33.1 Å². The third kappa shape index (κ3) is 2.70. The lowest BCUT2D eigenvalue weighted by molar-refractivity contribution is 0.590. The number of hydrogen-bond acceptors (Lipinski definition) is 2. The quantitative estimate of drug-likeness (QED) is 0.702. The van der Waals surface area contributed by atoms with Crippen molar-refractivity contribution in [2.75, 3.05) is 0 Å². The maximum Gasteiger partial charge on any atom is 0.125 e. The molecule has 0 aliphatic heterocycles. The van der Waals surface area contributed by atoms with Crippen LogP contribution in [0.5, 0.6) is 0 Å². The van der Waals surface area contributed by atoms with E-state index in [0.717, 1.165) is 20.6 Å². The largest absolute Gasteiger partial charge is 0.240 e. The Labute approximate surface area is 111 Å². The summed E-state index contributed by atoms with van der Waals surface area (Å²) in [7, 11) is 0. The summed E-state index contributed by atoms with van der Waals surface area (Å²) in [5.74, 6) is 0. The van der Waals surface area contributed by atoms with Crippen molar-refractivity contribution in [3.63, 3.8) is 0 Å². The molecule has 0 saturated carbocycles. The fourth-order valence-electron chi connectivity index (χ4n) is 1.61. The molecule has 0 saturated heterocycles. The molecule has 0 aliphatic rings. The summed E-state index contributed by atoms with van der Waals surface area (Å²) in [5, 5.41) is 0.993. The van der Waals surface area contributed by atoms with Gasteiger partial charge in [-0.25, -0.2) is 4.98 Å². The predicted octanol–water partition coefficient (Wildman–Crippen LogP) is 5.07. The van der Waals surface area contributed by atoms with E-state index in [4.69, 9.17) is 11.6 Å². The molecule has 0 amide bonds. The number of aromatic nitrogens is 1. The average molecular weight is 266 g/mol. The second kappa shape index (κ2) is 4.43. The Kier molecular flexibility index (Phi) is 3.28. The normalized spacial score (nSPS) is 11.8. The molecule has 0 unspecified atom stereocenters. The molecule has 0 radical (unpaired) electrons. The molecule has 2 rings (SSSR count). The molecule has 2 aromatic rings. The van der Waals surface area contributed by atoms with Gasteiger partial charge in [0.05, 0.1) is 5.69 Å². The van der Waals surface area contributed by atoms with E-state index in [1.165, 1.54) is 16.9 Å². The van der Waals surface area contributed by atoms with Crippen molar-refractivity contribution in [1.29, 1.82) is 0 Å². The number of aryl methyl sites for hydroxylation is 1. The summed E-state index contributed by atoms with van der Waals surface area (Å²) in [6, 6.07) is 8.57.